The molecule has 7 nitrogen and oxygen atoms in total. The normalized spacial score (nSPS) is 19.1. The summed E-state index contributed by atoms with van der Waals surface area (Å²) in [7, 11) is -1.24. The minimum Gasteiger partial charge on any atom is -0.352 e. The molecule has 0 amide bonds. The third-order valence-corrected chi connectivity index (χ3v) is 6.12. The smallest absolute Gasteiger partial charge is 0.207 e. The molecule has 1 aromatic heterocycles. The Balaban J connectivity index is 1.91. The number of hydrogen-bond donors (Lipinski definition) is 0. The van der Waals surface area contributed by atoms with Crippen LogP contribution in [0, 0.1) is 11.3 Å². The van der Waals surface area contributed by atoms with Gasteiger partial charge in [0, 0.05) is 13.1 Å². The molecule has 1 fully saturated rings. The summed E-state index contributed by atoms with van der Waals surface area (Å²) < 4.78 is 23.4. The van der Waals surface area contributed by atoms with E-state index in [1.165, 1.54) is 10.4 Å². The maximum absolute atomic E-state index is 11.7. The molecule has 0 spiro atoms. The molecule has 2 aromatic rings. The van der Waals surface area contributed by atoms with Crippen molar-refractivity contribution in [3.05, 3.63) is 35.5 Å². The van der Waals surface area contributed by atoms with Gasteiger partial charge in [0.1, 0.15) is 6.07 Å². The van der Waals surface area contributed by atoms with Crippen LogP contribution in [-0.4, -0.2) is 48.0 Å². The molecular formula is C16H19N5O2S. The summed E-state index contributed by atoms with van der Waals surface area (Å²) in [6.07, 6.45) is 1.49. The van der Waals surface area contributed by atoms with E-state index in [0.717, 1.165) is 12.1 Å². The van der Waals surface area contributed by atoms with Crippen molar-refractivity contribution < 1.29 is 8.42 Å². The predicted molar refractivity (Wildman–Crippen MR) is 90.9 cm³/mol. The quantitative estimate of drug-likeness (QED) is 0.830. The lowest BCUT2D eigenvalue weighted by molar-refractivity contribution is 0.600. The fraction of sp³-hybridized carbons (Fsp3) is 0.438. The number of nitriles is 1. The first-order valence-corrected chi connectivity index (χ1v) is 9.65. The van der Waals surface area contributed by atoms with Crippen LogP contribution in [0.2, 0.25) is 0 Å². The van der Waals surface area contributed by atoms with E-state index in [4.69, 9.17) is 0 Å². The number of benzene rings is 1. The summed E-state index contributed by atoms with van der Waals surface area (Å²) in [6.45, 7) is 2.08. The van der Waals surface area contributed by atoms with Crippen molar-refractivity contribution in [2.45, 2.75) is 25.8 Å². The summed E-state index contributed by atoms with van der Waals surface area (Å²) in [5, 5.41) is 18.0. The molecule has 0 saturated carbocycles. The third-order valence-electron chi connectivity index (χ3n) is 4.37. The van der Waals surface area contributed by atoms with E-state index < -0.39 is 9.84 Å². The Morgan fingerprint density at radius 1 is 1.33 bits per heavy atom. The van der Waals surface area contributed by atoms with E-state index in [2.05, 4.69) is 17.1 Å². The highest BCUT2D eigenvalue weighted by molar-refractivity contribution is 7.91. The van der Waals surface area contributed by atoms with E-state index >= 15 is 0 Å². The zero-order valence-corrected chi connectivity index (χ0v) is 14.5. The fourth-order valence-electron chi connectivity index (χ4n) is 2.84. The van der Waals surface area contributed by atoms with Crippen molar-refractivity contribution in [1.29, 1.82) is 5.26 Å². The van der Waals surface area contributed by atoms with E-state index in [1.54, 1.807) is 11.9 Å². The van der Waals surface area contributed by atoms with Gasteiger partial charge < -0.3 is 4.90 Å². The molecule has 1 aliphatic heterocycles. The van der Waals surface area contributed by atoms with Crippen LogP contribution in [-0.2, 0) is 16.3 Å². The van der Waals surface area contributed by atoms with Crippen molar-refractivity contribution in [2.24, 2.45) is 0 Å². The van der Waals surface area contributed by atoms with Gasteiger partial charge in [0.05, 0.1) is 17.2 Å². The van der Waals surface area contributed by atoms with Crippen LogP contribution in [0.25, 0.3) is 5.69 Å². The fourth-order valence-corrected chi connectivity index (χ4v) is 4.62. The molecule has 126 valence electrons. The largest absolute Gasteiger partial charge is 0.352 e. The van der Waals surface area contributed by atoms with Gasteiger partial charge in [-0.15, -0.1) is 15.0 Å². The molecule has 8 heteroatoms. The Bertz CT molecular complexity index is 880. The van der Waals surface area contributed by atoms with Crippen molar-refractivity contribution in [3.63, 3.8) is 0 Å². The van der Waals surface area contributed by atoms with Gasteiger partial charge in [-0.25, -0.2) is 8.42 Å². The molecule has 2 heterocycles. The van der Waals surface area contributed by atoms with Gasteiger partial charge in [-0.1, -0.05) is 19.1 Å². The molecule has 24 heavy (non-hydrogen) atoms. The Morgan fingerprint density at radius 2 is 2.04 bits per heavy atom. The zero-order valence-electron chi connectivity index (χ0n) is 13.7. The van der Waals surface area contributed by atoms with E-state index in [0.29, 0.717) is 12.2 Å². The lowest BCUT2D eigenvalue weighted by Crippen LogP contribution is -2.33. The standard InChI is InChI=1S/C16H19N5O2S/c1-3-12-4-6-13(7-5-12)21-18-15(10-17)16(19-21)20(2)14-8-9-24(22,23)11-14/h4-7,14H,3,8-9,11H2,1-2H3. The van der Waals surface area contributed by atoms with Gasteiger partial charge in [0.15, 0.2) is 15.7 Å². The van der Waals surface area contributed by atoms with Crippen molar-refractivity contribution in [2.75, 3.05) is 23.5 Å². The first kappa shape index (κ1) is 16.5. The summed E-state index contributed by atoms with van der Waals surface area (Å²) in [5.74, 6) is 0.683. The van der Waals surface area contributed by atoms with E-state index in [1.807, 2.05) is 30.3 Å². The van der Waals surface area contributed by atoms with Gasteiger partial charge >= 0.3 is 0 Å². The van der Waals surface area contributed by atoms with Crippen LogP contribution in [0.3, 0.4) is 0 Å². The van der Waals surface area contributed by atoms with Crippen LogP contribution in [0.1, 0.15) is 24.6 Å². The highest BCUT2D eigenvalue weighted by Crippen LogP contribution is 2.24. The van der Waals surface area contributed by atoms with E-state index in [-0.39, 0.29) is 23.2 Å². The number of aromatic nitrogens is 3. The average Bonchev–Trinajstić information content (AvgIpc) is 3.17. The van der Waals surface area contributed by atoms with Crippen LogP contribution in [0.4, 0.5) is 5.82 Å². The van der Waals surface area contributed by atoms with Gasteiger partial charge in [-0.05, 0) is 30.5 Å². The van der Waals surface area contributed by atoms with Crippen LogP contribution in [0.5, 0.6) is 0 Å². The van der Waals surface area contributed by atoms with E-state index in [9.17, 15) is 13.7 Å². The molecule has 0 radical (unpaired) electrons. The van der Waals surface area contributed by atoms with Gasteiger partial charge in [-0.3, -0.25) is 0 Å². The number of hydrogen-bond acceptors (Lipinski definition) is 6. The summed E-state index contributed by atoms with van der Waals surface area (Å²) in [4.78, 5) is 3.18. The molecule has 0 N–H and O–H groups in total. The van der Waals surface area contributed by atoms with Crippen LogP contribution < -0.4 is 4.90 Å². The molecule has 1 aliphatic rings. The van der Waals surface area contributed by atoms with Gasteiger partial charge in [0.25, 0.3) is 0 Å². The average molecular weight is 345 g/mol. The second kappa shape index (κ2) is 6.24. The second-order valence-corrected chi connectivity index (χ2v) is 8.19. The molecular weight excluding hydrogens is 326 g/mol. The number of nitrogens with zero attached hydrogens (tertiary/aromatic N) is 5. The minimum atomic E-state index is -3.00. The monoisotopic (exact) mass is 345 g/mol. The maximum atomic E-state index is 11.7. The lowest BCUT2D eigenvalue weighted by Gasteiger charge is -2.22. The molecule has 3 rings (SSSR count). The van der Waals surface area contributed by atoms with Crippen molar-refractivity contribution in [3.8, 4) is 11.8 Å². The Kier molecular flexibility index (Phi) is 4.28. The molecule has 1 aromatic carbocycles. The summed E-state index contributed by atoms with van der Waals surface area (Å²) >= 11 is 0. The number of rotatable bonds is 4. The summed E-state index contributed by atoms with van der Waals surface area (Å²) in [6, 6.07) is 9.68. The topological polar surface area (TPSA) is 91.9 Å². The molecule has 1 atom stereocenters. The zero-order chi connectivity index (χ0) is 17.3. The minimum absolute atomic E-state index is 0.0897. The molecule has 0 bridgehead atoms. The van der Waals surface area contributed by atoms with Crippen LogP contribution in [0.15, 0.2) is 24.3 Å². The Hall–Kier alpha value is -2.40. The highest BCUT2D eigenvalue weighted by Gasteiger charge is 2.33. The van der Waals surface area contributed by atoms with Gasteiger partial charge in [-0.2, -0.15) is 5.26 Å². The number of aryl methyl sites for hydroxylation is 1. The number of anilines is 1. The van der Waals surface area contributed by atoms with Crippen LogP contribution >= 0.6 is 0 Å². The predicted octanol–water partition coefficient (Wildman–Crippen LogP) is 1.32. The van der Waals surface area contributed by atoms with Crippen molar-refractivity contribution >= 4 is 15.7 Å². The Labute approximate surface area is 141 Å². The Morgan fingerprint density at radius 3 is 2.58 bits per heavy atom. The molecule has 1 saturated heterocycles. The number of sulfone groups is 1. The molecule has 0 aliphatic carbocycles. The first-order valence-electron chi connectivity index (χ1n) is 7.83. The molecule has 1 unspecified atom stereocenters. The SMILES string of the molecule is CCc1ccc(-n2nc(C#N)c(N(C)C3CCS(=O)(=O)C3)n2)cc1. The second-order valence-electron chi connectivity index (χ2n) is 5.96. The first-order chi connectivity index (χ1) is 11.4. The van der Waals surface area contributed by atoms with Gasteiger partial charge in [0.2, 0.25) is 5.69 Å². The summed E-state index contributed by atoms with van der Waals surface area (Å²) in [5.41, 5.74) is 2.17. The maximum Gasteiger partial charge on any atom is 0.207 e. The highest BCUT2D eigenvalue weighted by atomic mass is 32.2. The third kappa shape index (κ3) is 3.12. The lowest BCUT2D eigenvalue weighted by atomic mass is 10.2. The van der Waals surface area contributed by atoms with Crippen molar-refractivity contribution in [1.82, 2.24) is 15.0 Å².